The van der Waals surface area contributed by atoms with Crippen LogP contribution in [0.4, 0.5) is 0 Å². The maximum Gasteiger partial charge on any atom is 0.0542 e. The zero-order chi connectivity index (χ0) is 25.5. The molecule has 0 N–H and O–H groups in total. The second-order valence-corrected chi connectivity index (χ2v) is 14.9. The van der Waals surface area contributed by atoms with Crippen molar-refractivity contribution in [3.05, 3.63) is 109 Å². The Bertz CT molecular complexity index is 2300. The van der Waals surface area contributed by atoms with Gasteiger partial charge in [0.2, 0.25) is 0 Å². The van der Waals surface area contributed by atoms with Crippen LogP contribution in [0.1, 0.15) is 0 Å². The van der Waals surface area contributed by atoms with Gasteiger partial charge in [0.1, 0.15) is 0 Å². The van der Waals surface area contributed by atoms with Crippen molar-refractivity contribution >= 4 is 106 Å². The molecule has 0 unspecified atom stereocenters. The molecule has 0 saturated carbocycles. The first-order valence-electron chi connectivity index (χ1n) is 12.7. The Labute approximate surface area is 244 Å². The Hall–Kier alpha value is -3.32. The van der Waals surface area contributed by atoms with E-state index in [0.717, 1.165) is 0 Å². The molecule has 0 nitrogen and oxygen atoms in total. The van der Waals surface area contributed by atoms with Crippen LogP contribution in [0, 0.1) is 0 Å². The lowest BCUT2D eigenvalue weighted by Crippen LogP contribution is -1.78. The molecule has 39 heavy (non-hydrogen) atoms. The van der Waals surface area contributed by atoms with Crippen molar-refractivity contribution in [3.8, 4) is 32.0 Å². The van der Waals surface area contributed by atoms with Gasteiger partial charge in [-0.3, -0.25) is 0 Å². The van der Waals surface area contributed by atoms with Crippen LogP contribution in [-0.4, -0.2) is 0 Å². The van der Waals surface area contributed by atoms with Crippen molar-refractivity contribution in [1.29, 1.82) is 0 Å². The summed E-state index contributed by atoms with van der Waals surface area (Å²) in [6.45, 7) is 0. The molecule has 5 heterocycles. The van der Waals surface area contributed by atoms with E-state index in [-0.39, 0.29) is 0 Å². The zero-order valence-corrected chi connectivity index (χ0v) is 24.5. The Balaban J connectivity index is 1.04. The predicted octanol–water partition coefficient (Wildman–Crippen LogP) is 12.8. The molecule has 9 rings (SSSR count). The van der Waals surface area contributed by atoms with Gasteiger partial charge >= 0.3 is 0 Å². The quantitative estimate of drug-likeness (QED) is 0.193. The van der Waals surface area contributed by atoms with Gasteiger partial charge in [-0.25, -0.2) is 0 Å². The van der Waals surface area contributed by atoms with Crippen LogP contribution in [0.3, 0.4) is 0 Å². The monoisotopic (exact) mass is 586 g/mol. The Morgan fingerprint density at radius 2 is 1.00 bits per heavy atom. The van der Waals surface area contributed by atoms with Gasteiger partial charge in [0.25, 0.3) is 0 Å². The van der Waals surface area contributed by atoms with Crippen molar-refractivity contribution in [2.75, 3.05) is 0 Å². The number of hydrogen-bond donors (Lipinski definition) is 0. The van der Waals surface area contributed by atoms with E-state index in [1.54, 1.807) is 0 Å². The van der Waals surface area contributed by atoms with Crippen molar-refractivity contribution in [2.45, 2.75) is 0 Å². The Morgan fingerprint density at radius 3 is 1.85 bits per heavy atom. The fourth-order valence-corrected chi connectivity index (χ4v) is 11.7. The van der Waals surface area contributed by atoms with E-state index in [4.69, 9.17) is 0 Å². The van der Waals surface area contributed by atoms with Crippen LogP contribution in [0.2, 0.25) is 0 Å². The lowest BCUT2D eigenvalue weighted by molar-refractivity contribution is 1.65. The average molecular weight is 587 g/mol. The molecule has 0 amide bonds. The number of thiophene rings is 5. The van der Waals surface area contributed by atoms with Crippen LogP contribution in [0.15, 0.2) is 109 Å². The molecule has 0 aliphatic carbocycles. The van der Waals surface area contributed by atoms with Crippen LogP contribution in [0.25, 0.3) is 81.1 Å². The maximum atomic E-state index is 2.38. The summed E-state index contributed by atoms with van der Waals surface area (Å²) < 4.78 is 9.70. The van der Waals surface area contributed by atoms with Gasteiger partial charge in [-0.1, -0.05) is 72.8 Å². The molecule has 5 aromatic heterocycles. The highest BCUT2D eigenvalue weighted by atomic mass is 32.1. The second kappa shape index (κ2) is 8.59. The number of hydrogen-bond acceptors (Lipinski definition) is 5. The molecule has 4 aromatic carbocycles. The van der Waals surface area contributed by atoms with Gasteiger partial charge in [-0.15, -0.1) is 56.7 Å². The third-order valence-corrected chi connectivity index (χ3v) is 13.3. The molecule has 0 atom stereocenters. The summed E-state index contributed by atoms with van der Waals surface area (Å²) in [6.07, 6.45) is 0. The minimum absolute atomic E-state index is 1.27. The molecule has 0 bridgehead atoms. The summed E-state index contributed by atoms with van der Waals surface area (Å²) in [5, 5.41) is 6.43. The van der Waals surface area contributed by atoms with Gasteiger partial charge < -0.3 is 0 Å². The van der Waals surface area contributed by atoms with Gasteiger partial charge in [0.15, 0.2) is 0 Å². The SMILES string of the molecule is c1ccc2c(-c3cc4sc(-c5ccc(-c6ccc7c(c6)sc6c8ccccc8sc76)cc5)cc4s3)csc2c1. The fraction of sp³-hybridized carbons (Fsp3) is 0. The summed E-state index contributed by atoms with van der Waals surface area (Å²) in [7, 11) is 0. The first kappa shape index (κ1) is 22.5. The normalized spacial score (nSPS) is 12.1. The zero-order valence-electron chi connectivity index (χ0n) is 20.4. The van der Waals surface area contributed by atoms with Crippen molar-refractivity contribution in [1.82, 2.24) is 0 Å². The van der Waals surface area contributed by atoms with Gasteiger partial charge in [0, 0.05) is 60.4 Å². The topological polar surface area (TPSA) is 0 Å². The average Bonchev–Trinajstić information content (AvgIpc) is 3.78. The molecule has 0 aliphatic heterocycles. The lowest BCUT2D eigenvalue weighted by Gasteiger charge is -2.04. The minimum atomic E-state index is 1.27. The Kier molecular flexibility index (Phi) is 4.95. The van der Waals surface area contributed by atoms with Gasteiger partial charge in [0.05, 0.1) is 9.40 Å². The summed E-state index contributed by atoms with van der Waals surface area (Å²) in [5.74, 6) is 0. The van der Waals surface area contributed by atoms with Crippen molar-refractivity contribution < 1.29 is 0 Å². The molecular formula is C34H18S5. The van der Waals surface area contributed by atoms with Crippen LogP contribution < -0.4 is 0 Å². The van der Waals surface area contributed by atoms with E-state index < -0.39 is 0 Å². The third kappa shape index (κ3) is 3.51. The van der Waals surface area contributed by atoms with Crippen LogP contribution >= 0.6 is 56.7 Å². The van der Waals surface area contributed by atoms with E-state index in [2.05, 4.69) is 109 Å². The van der Waals surface area contributed by atoms with E-state index in [1.807, 2.05) is 56.7 Å². The molecule has 0 spiro atoms. The summed E-state index contributed by atoms with van der Waals surface area (Å²) in [4.78, 5) is 2.71. The van der Waals surface area contributed by atoms with E-state index >= 15 is 0 Å². The largest absolute Gasteiger partial charge is 0.143 e. The van der Waals surface area contributed by atoms with E-state index in [0.29, 0.717) is 0 Å². The van der Waals surface area contributed by atoms with E-state index in [1.165, 1.54) is 81.1 Å². The van der Waals surface area contributed by atoms with Crippen molar-refractivity contribution in [3.63, 3.8) is 0 Å². The molecule has 0 aliphatic rings. The fourth-order valence-electron chi connectivity index (χ4n) is 5.49. The predicted molar refractivity (Wildman–Crippen MR) is 180 cm³/mol. The first-order chi connectivity index (χ1) is 19.3. The molecule has 5 heteroatoms. The Morgan fingerprint density at radius 1 is 0.385 bits per heavy atom. The number of benzene rings is 4. The van der Waals surface area contributed by atoms with Gasteiger partial charge in [-0.05, 0) is 47.0 Å². The number of rotatable bonds is 3. The molecule has 0 saturated heterocycles. The lowest BCUT2D eigenvalue weighted by atomic mass is 10.0. The summed E-state index contributed by atoms with van der Waals surface area (Å²) in [6, 6.07) is 38.3. The smallest absolute Gasteiger partial charge is 0.0542 e. The van der Waals surface area contributed by atoms with Gasteiger partial charge in [-0.2, -0.15) is 0 Å². The highest BCUT2D eigenvalue weighted by Gasteiger charge is 2.14. The highest BCUT2D eigenvalue weighted by Crippen LogP contribution is 2.46. The molecule has 9 aromatic rings. The molecular weight excluding hydrogens is 569 g/mol. The molecule has 184 valence electrons. The van der Waals surface area contributed by atoms with Crippen LogP contribution in [0.5, 0.6) is 0 Å². The standard InChI is InChI=1S/C34H18S5/c1-3-7-26-22(5-1)25(18-35-26)30-17-32-31(37-30)16-28(36-32)20-11-9-19(10-12-20)21-13-14-24-29(15-21)39-33-23-6-2-4-8-27(23)38-34(24)33/h1-18H. The summed E-state index contributed by atoms with van der Waals surface area (Å²) >= 11 is 9.48. The van der Waals surface area contributed by atoms with Crippen LogP contribution in [-0.2, 0) is 0 Å². The molecule has 0 fully saturated rings. The summed E-state index contributed by atoms with van der Waals surface area (Å²) in [5.41, 5.74) is 5.21. The second-order valence-electron chi connectivity index (χ2n) is 9.74. The van der Waals surface area contributed by atoms with E-state index in [9.17, 15) is 0 Å². The minimum Gasteiger partial charge on any atom is -0.143 e. The third-order valence-electron chi connectivity index (χ3n) is 7.44. The number of fused-ring (bicyclic) bond motifs is 7. The van der Waals surface area contributed by atoms with Crippen molar-refractivity contribution in [2.24, 2.45) is 0 Å². The molecule has 0 radical (unpaired) electrons. The highest BCUT2D eigenvalue weighted by molar-refractivity contribution is 7.36. The maximum absolute atomic E-state index is 2.38. The first-order valence-corrected chi connectivity index (χ1v) is 16.9.